The van der Waals surface area contributed by atoms with E-state index in [0.29, 0.717) is 0 Å². The minimum absolute atomic E-state index is 0.0208. The molecule has 0 spiro atoms. The van der Waals surface area contributed by atoms with Gasteiger partial charge in [0.1, 0.15) is 26.6 Å². The number of thiophene rings is 1. The van der Waals surface area contributed by atoms with Gasteiger partial charge in [0.05, 0.1) is 18.5 Å². The molecule has 0 bridgehead atoms. The summed E-state index contributed by atoms with van der Waals surface area (Å²) in [7, 11) is 12.3. The van der Waals surface area contributed by atoms with E-state index in [2.05, 4.69) is 0 Å². The van der Waals surface area contributed by atoms with Crippen LogP contribution in [0.4, 0.5) is 13.2 Å². The second kappa shape index (κ2) is 6.90. The fourth-order valence-corrected chi connectivity index (χ4v) is 3.85. The summed E-state index contributed by atoms with van der Waals surface area (Å²) >= 11 is 0.777. The number of hydrogen-bond acceptors (Lipinski definition) is 5. The highest BCUT2D eigenvalue weighted by molar-refractivity contribution is 7.19. The highest BCUT2D eigenvalue weighted by Crippen LogP contribution is 2.34. The lowest BCUT2D eigenvalue weighted by Crippen LogP contribution is -2.45. The van der Waals surface area contributed by atoms with Crippen LogP contribution in [0.25, 0.3) is 10.2 Å². The summed E-state index contributed by atoms with van der Waals surface area (Å²) in [6, 6.07) is -2.34. The predicted molar refractivity (Wildman–Crippen MR) is 93.1 cm³/mol. The monoisotopic (exact) mass is 386 g/mol. The second-order valence-electron chi connectivity index (χ2n) is 5.88. The van der Waals surface area contributed by atoms with Crippen LogP contribution in [-0.4, -0.2) is 49.8 Å². The fraction of sp³-hybridized carbons (Fsp3) is 0.571. The van der Waals surface area contributed by atoms with Crippen molar-refractivity contribution in [3.63, 3.8) is 0 Å². The van der Waals surface area contributed by atoms with Gasteiger partial charge in [0.2, 0.25) is 0 Å². The zero-order chi connectivity index (χ0) is 20.0. The number of methoxy groups -OCH3 is 1. The SMILES string of the molecule is [B]C([B])(O)c1sc2c(c1C)c(=O)n([C@@H](C)C(F)(F)F)c(=O)n2CCOC. The van der Waals surface area contributed by atoms with E-state index in [1.807, 2.05) is 0 Å². The first kappa shape index (κ1) is 20.8. The molecule has 6 nitrogen and oxygen atoms in total. The van der Waals surface area contributed by atoms with Crippen molar-refractivity contribution >= 4 is 37.2 Å². The number of halogens is 3. The van der Waals surface area contributed by atoms with Crippen molar-refractivity contribution in [2.45, 2.75) is 38.0 Å². The topological polar surface area (TPSA) is 73.5 Å². The molecule has 0 aliphatic heterocycles. The average molecular weight is 386 g/mol. The van der Waals surface area contributed by atoms with E-state index in [-0.39, 0.29) is 38.4 Å². The molecule has 0 aromatic carbocycles. The molecular formula is C14H15B2F3N2O4S. The van der Waals surface area contributed by atoms with Gasteiger partial charge in [-0.3, -0.25) is 9.36 Å². The number of alkyl halides is 3. The molecule has 1 N–H and O–H groups in total. The first-order valence-electron chi connectivity index (χ1n) is 7.47. The summed E-state index contributed by atoms with van der Waals surface area (Å²) in [5.41, 5.74) is -2.13. The third-order valence-electron chi connectivity index (χ3n) is 3.99. The molecule has 0 amide bonds. The van der Waals surface area contributed by atoms with Crippen molar-refractivity contribution in [1.82, 2.24) is 9.13 Å². The molecule has 0 saturated carbocycles. The Bertz CT molecular complexity index is 943. The number of aromatic nitrogens is 2. The average Bonchev–Trinajstić information content (AvgIpc) is 2.84. The van der Waals surface area contributed by atoms with Gasteiger partial charge in [-0.15, -0.1) is 11.3 Å². The maximum atomic E-state index is 13.2. The molecule has 2 rings (SSSR count). The Kier molecular flexibility index (Phi) is 5.51. The Labute approximate surface area is 153 Å². The normalized spacial score (nSPS) is 14.1. The van der Waals surface area contributed by atoms with Crippen molar-refractivity contribution in [2.75, 3.05) is 13.7 Å². The van der Waals surface area contributed by atoms with E-state index >= 15 is 0 Å². The lowest BCUT2D eigenvalue weighted by atomic mass is 9.64. The third kappa shape index (κ3) is 3.49. The first-order valence-corrected chi connectivity index (χ1v) is 8.28. The summed E-state index contributed by atoms with van der Waals surface area (Å²) in [6.07, 6.45) is -4.80. The minimum Gasteiger partial charge on any atom is -0.404 e. The lowest BCUT2D eigenvalue weighted by Gasteiger charge is -2.19. The van der Waals surface area contributed by atoms with Crippen LogP contribution in [0.5, 0.6) is 0 Å². The van der Waals surface area contributed by atoms with E-state index in [1.54, 1.807) is 0 Å². The summed E-state index contributed by atoms with van der Waals surface area (Å²) < 4.78 is 45.5. The quantitative estimate of drug-likeness (QED) is 0.770. The number of ether oxygens (including phenoxy) is 1. The van der Waals surface area contributed by atoms with Gasteiger partial charge in [0.25, 0.3) is 5.56 Å². The molecule has 0 aliphatic rings. The standard InChI is InChI=1S/C14H15B2F3N2O4S/c1-6-8-10(22)21(7(2)14(17,18)19)12(23)20(4-5-25-3)11(8)26-9(6)13(15,16)24/h7,24H,4-5H2,1-3H3/t7-/m0/s1. The predicted octanol–water partition coefficient (Wildman–Crippen LogP) is 0.742. The van der Waals surface area contributed by atoms with Crippen molar-refractivity contribution in [2.24, 2.45) is 0 Å². The van der Waals surface area contributed by atoms with E-state index in [9.17, 15) is 27.9 Å². The lowest BCUT2D eigenvalue weighted by molar-refractivity contribution is -0.164. The smallest absolute Gasteiger partial charge is 0.404 e. The van der Waals surface area contributed by atoms with Crippen LogP contribution in [0.15, 0.2) is 9.59 Å². The Morgan fingerprint density at radius 3 is 2.35 bits per heavy atom. The largest absolute Gasteiger partial charge is 0.409 e. The van der Waals surface area contributed by atoms with Gasteiger partial charge in [-0.1, -0.05) is 0 Å². The number of hydrogen-bond donors (Lipinski definition) is 1. The molecule has 26 heavy (non-hydrogen) atoms. The van der Waals surface area contributed by atoms with E-state index in [1.165, 1.54) is 14.0 Å². The molecule has 1 atom stereocenters. The third-order valence-corrected chi connectivity index (χ3v) is 5.44. The van der Waals surface area contributed by atoms with Crippen molar-refractivity contribution < 1.29 is 23.0 Å². The number of fused-ring (bicyclic) bond motifs is 1. The van der Waals surface area contributed by atoms with E-state index in [0.717, 1.165) is 22.8 Å². The summed E-state index contributed by atoms with van der Waals surface area (Å²) in [5, 5.41) is 7.42. The number of rotatable bonds is 5. The van der Waals surface area contributed by atoms with E-state index < -0.39 is 28.9 Å². The highest BCUT2D eigenvalue weighted by Gasteiger charge is 2.40. The number of nitrogens with zero attached hydrogens (tertiary/aromatic N) is 2. The van der Waals surface area contributed by atoms with Gasteiger partial charge in [-0.25, -0.2) is 9.36 Å². The maximum Gasteiger partial charge on any atom is 0.409 e. The van der Waals surface area contributed by atoms with Gasteiger partial charge in [-0.2, -0.15) is 13.2 Å². The van der Waals surface area contributed by atoms with Crippen molar-refractivity contribution in [1.29, 1.82) is 0 Å². The molecule has 0 saturated heterocycles. The molecular weight excluding hydrogens is 371 g/mol. The highest BCUT2D eigenvalue weighted by atomic mass is 32.1. The van der Waals surface area contributed by atoms with Crippen LogP contribution >= 0.6 is 11.3 Å². The Balaban J connectivity index is 2.98. The minimum atomic E-state index is -4.80. The van der Waals surface area contributed by atoms with Crippen LogP contribution in [-0.2, 0) is 16.7 Å². The fourth-order valence-electron chi connectivity index (χ4n) is 2.61. The molecule has 0 aliphatic carbocycles. The van der Waals surface area contributed by atoms with Crippen LogP contribution in [0.1, 0.15) is 23.4 Å². The van der Waals surface area contributed by atoms with E-state index in [4.69, 9.17) is 20.4 Å². The molecule has 2 heterocycles. The number of aryl methyl sites for hydroxylation is 1. The zero-order valence-corrected chi connectivity index (χ0v) is 15.1. The molecule has 2 aromatic heterocycles. The van der Waals surface area contributed by atoms with Crippen molar-refractivity contribution in [3.05, 3.63) is 31.3 Å². The summed E-state index contributed by atoms with van der Waals surface area (Å²) in [4.78, 5) is 25.4. The van der Waals surface area contributed by atoms with Gasteiger partial charge >= 0.3 is 11.9 Å². The van der Waals surface area contributed by atoms with Gasteiger partial charge in [-0.05, 0) is 19.4 Å². The molecule has 138 valence electrons. The Morgan fingerprint density at radius 2 is 1.88 bits per heavy atom. The summed E-state index contributed by atoms with van der Waals surface area (Å²) in [6.45, 7) is 2.05. The van der Waals surface area contributed by atoms with Crippen LogP contribution in [0.3, 0.4) is 0 Å². The molecule has 2 aromatic rings. The number of aliphatic hydroxyl groups is 1. The molecule has 0 fully saturated rings. The van der Waals surface area contributed by atoms with Crippen molar-refractivity contribution in [3.8, 4) is 0 Å². The Morgan fingerprint density at radius 1 is 1.31 bits per heavy atom. The Hall–Kier alpha value is -1.52. The van der Waals surface area contributed by atoms with Crippen LogP contribution in [0, 0.1) is 6.92 Å². The van der Waals surface area contributed by atoms with Gasteiger partial charge < -0.3 is 9.84 Å². The zero-order valence-electron chi connectivity index (χ0n) is 14.3. The maximum absolute atomic E-state index is 13.2. The summed E-state index contributed by atoms with van der Waals surface area (Å²) in [5.74, 6) is 0. The molecule has 4 radical (unpaired) electrons. The van der Waals surface area contributed by atoms with Crippen LogP contribution < -0.4 is 11.2 Å². The van der Waals surface area contributed by atoms with Gasteiger partial charge in [0.15, 0.2) is 0 Å². The molecule has 12 heteroatoms. The second-order valence-corrected chi connectivity index (χ2v) is 6.88. The first-order chi connectivity index (χ1) is 11.8. The van der Waals surface area contributed by atoms with Gasteiger partial charge in [0, 0.05) is 17.4 Å². The molecule has 0 unspecified atom stereocenters. The van der Waals surface area contributed by atoms with Crippen LogP contribution in [0.2, 0.25) is 0 Å².